The van der Waals surface area contributed by atoms with Crippen LogP contribution in [0.1, 0.15) is 22.2 Å². The molecular weight excluding hydrogens is 411 g/mol. The molecule has 0 aliphatic heterocycles. The number of carbonyl (C=O) groups is 1. The zero-order valence-corrected chi connectivity index (χ0v) is 17.9. The number of thioether (sulfide) groups is 1. The van der Waals surface area contributed by atoms with Gasteiger partial charge >= 0.3 is 0 Å². The molecule has 31 heavy (non-hydrogen) atoms. The van der Waals surface area contributed by atoms with Crippen LogP contribution in [0.5, 0.6) is 0 Å². The van der Waals surface area contributed by atoms with Gasteiger partial charge < -0.3 is 5.32 Å². The summed E-state index contributed by atoms with van der Waals surface area (Å²) >= 11 is 1.32. The fourth-order valence-electron chi connectivity index (χ4n) is 3.23. The van der Waals surface area contributed by atoms with Crippen LogP contribution in [0.2, 0.25) is 0 Å². The maximum atomic E-state index is 13.2. The summed E-state index contributed by atoms with van der Waals surface area (Å²) in [6.07, 6.45) is 0. The number of aryl methyl sites for hydroxylation is 2. The predicted octanol–water partition coefficient (Wildman–Crippen LogP) is 5.50. The minimum absolute atomic E-state index is 0.223. The minimum atomic E-state index is -0.571. The second-order valence-corrected chi connectivity index (χ2v) is 8.18. The molecule has 0 saturated carbocycles. The van der Waals surface area contributed by atoms with Gasteiger partial charge in [0.05, 0.1) is 0 Å². The van der Waals surface area contributed by atoms with Gasteiger partial charge in [-0.1, -0.05) is 54.2 Å². The number of aromatic nitrogens is 3. The fraction of sp³-hybridized carbons (Fsp3) is 0.125. The molecule has 1 amide bonds. The topological polar surface area (TPSA) is 59.8 Å². The largest absolute Gasteiger partial charge is 0.325 e. The van der Waals surface area contributed by atoms with Crippen molar-refractivity contribution < 1.29 is 9.18 Å². The van der Waals surface area contributed by atoms with Crippen LogP contribution in [-0.4, -0.2) is 20.7 Å². The van der Waals surface area contributed by atoms with E-state index in [-0.39, 0.29) is 11.7 Å². The van der Waals surface area contributed by atoms with Crippen LogP contribution in [0.4, 0.5) is 10.1 Å². The molecule has 0 aliphatic carbocycles. The lowest BCUT2D eigenvalue weighted by atomic mass is 10.1. The smallest absolute Gasteiger partial charge is 0.242 e. The zero-order chi connectivity index (χ0) is 21.8. The van der Waals surface area contributed by atoms with Crippen LogP contribution in [0, 0.1) is 19.7 Å². The molecule has 7 heteroatoms. The van der Waals surface area contributed by atoms with Crippen LogP contribution in [0.25, 0.3) is 5.69 Å². The van der Waals surface area contributed by atoms with Crippen molar-refractivity contribution in [3.8, 4) is 5.69 Å². The molecule has 1 atom stereocenters. The van der Waals surface area contributed by atoms with Gasteiger partial charge in [0, 0.05) is 11.4 Å². The molecule has 0 saturated heterocycles. The third kappa shape index (κ3) is 4.83. The normalized spacial score (nSPS) is 11.8. The quantitative estimate of drug-likeness (QED) is 0.409. The van der Waals surface area contributed by atoms with Crippen molar-refractivity contribution in [3.05, 3.63) is 102 Å². The summed E-state index contributed by atoms with van der Waals surface area (Å²) < 4.78 is 15.2. The summed E-state index contributed by atoms with van der Waals surface area (Å²) in [7, 11) is 0. The first-order valence-corrected chi connectivity index (χ1v) is 10.7. The van der Waals surface area contributed by atoms with Gasteiger partial charge in [0.15, 0.2) is 5.16 Å². The molecule has 1 aromatic heterocycles. The number of hydrogen-bond acceptors (Lipinski definition) is 4. The number of nitrogens with zero attached hydrogens (tertiary/aromatic N) is 3. The number of carbonyl (C=O) groups excluding carboxylic acids is 1. The van der Waals surface area contributed by atoms with Gasteiger partial charge in [-0.05, 0) is 61.4 Å². The molecule has 4 rings (SSSR count). The fourth-order valence-corrected chi connectivity index (χ4v) is 4.33. The van der Waals surface area contributed by atoms with Gasteiger partial charge in [-0.15, -0.1) is 10.2 Å². The van der Waals surface area contributed by atoms with E-state index in [9.17, 15) is 9.18 Å². The van der Waals surface area contributed by atoms with Gasteiger partial charge in [0.1, 0.15) is 16.9 Å². The zero-order valence-electron chi connectivity index (χ0n) is 17.1. The molecule has 0 radical (unpaired) electrons. The highest BCUT2D eigenvalue weighted by molar-refractivity contribution is 8.00. The summed E-state index contributed by atoms with van der Waals surface area (Å²) in [4.78, 5) is 13.2. The van der Waals surface area contributed by atoms with Crippen molar-refractivity contribution in [1.29, 1.82) is 0 Å². The molecule has 0 bridgehead atoms. The number of rotatable bonds is 6. The minimum Gasteiger partial charge on any atom is -0.325 e. The van der Waals surface area contributed by atoms with Gasteiger partial charge in [-0.2, -0.15) is 0 Å². The highest BCUT2D eigenvalue weighted by atomic mass is 32.2. The number of anilines is 1. The van der Waals surface area contributed by atoms with E-state index in [2.05, 4.69) is 21.6 Å². The Morgan fingerprint density at radius 2 is 1.71 bits per heavy atom. The third-order valence-electron chi connectivity index (χ3n) is 4.73. The molecule has 1 N–H and O–H groups in total. The lowest BCUT2D eigenvalue weighted by molar-refractivity contribution is -0.115. The van der Waals surface area contributed by atoms with E-state index in [1.807, 2.05) is 66.9 Å². The maximum absolute atomic E-state index is 13.2. The Morgan fingerprint density at radius 1 is 0.968 bits per heavy atom. The van der Waals surface area contributed by atoms with Gasteiger partial charge in [0.2, 0.25) is 5.91 Å². The lowest BCUT2D eigenvalue weighted by Crippen LogP contribution is -2.19. The van der Waals surface area contributed by atoms with E-state index in [4.69, 9.17) is 0 Å². The van der Waals surface area contributed by atoms with E-state index < -0.39 is 5.25 Å². The first kappa shape index (κ1) is 20.8. The third-order valence-corrected chi connectivity index (χ3v) is 5.93. The van der Waals surface area contributed by atoms with Crippen molar-refractivity contribution in [2.75, 3.05) is 5.32 Å². The Bertz CT molecular complexity index is 1190. The summed E-state index contributed by atoms with van der Waals surface area (Å²) in [6.45, 7) is 3.91. The molecule has 4 aromatic rings. The Morgan fingerprint density at radius 3 is 2.42 bits per heavy atom. The van der Waals surface area contributed by atoms with Gasteiger partial charge in [0.25, 0.3) is 0 Å². The molecule has 0 spiro atoms. The standard InChI is InChI=1S/C24H21FN4OS/c1-16-7-6-10-21(15-16)29-17(2)27-28-24(29)31-22(18-8-4-3-5-9-18)23(30)26-20-13-11-19(25)12-14-20/h3-15,22H,1-2H3,(H,26,30). The van der Waals surface area contributed by atoms with Crippen molar-refractivity contribution in [1.82, 2.24) is 14.8 Å². The van der Waals surface area contributed by atoms with Gasteiger partial charge in [-0.3, -0.25) is 9.36 Å². The van der Waals surface area contributed by atoms with Crippen molar-refractivity contribution in [2.45, 2.75) is 24.3 Å². The van der Waals surface area contributed by atoms with Crippen molar-refractivity contribution >= 4 is 23.4 Å². The van der Waals surface area contributed by atoms with Crippen LogP contribution < -0.4 is 5.32 Å². The summed E-state index contributed by atoms with van der Waals surface area (Å²) in [5.41, 5.74) is 3.43. The summed E-state index contributed by atoms with van der Waals surface area (Å²) in [5.74, 6) is 0.159. The highest BCUT2D eigenvalue weighted by Crippen LogP contribution is 2.36. The molecular formula is C24H21FN4OS. The first-order chi connectivity index (χ1) is 15.0. The SMILES string of the molecule is Cc1cccc(-n2c(C)nnc2SC(C(=O)Nc2ccc(F)cc2)c2ccccc2)c1. The lowest BCUT2D eigenvalue weighted by Gasteiger charge is -2.17. The number of hydrogen-bond donors (Lipinski definition) is 1. The van der Waals surface area contributed by atoms with E-state index >= 15 is 0 Å². The van der Waals surface area contributed by atoms with E-state index in [1.54, 1.807) is 12.1 Å². The highest BCUT2D eigenvalue weighted by Gasteiger charge is 2.26. The van der Waals surface area contributed by atoms with Crippen LogP contribution >= 0.6 is 11.8 Å². The molecule has 1 unspecified atom stereocenters. The Labute approximate surface area is 184 Å². The maximum Gasteiger partial charge on any atom is 0.242 e. The van der Waals surface area contributed by atoms with Crippen LogP contribution in [0.15, 0.2) is 84.0 Å². The molecule has 5 nitrogen and oxygen atoms in total. The Hall–Kier alpha value is -3.45. The molecule has 1 heterocycles. The second kappa shape index (κ2) is 9.14. The summed E-state index contributed by atoms with van der Waals surface area (Å²) in [6, 6.07) is 23.3. The number of halogens is 1. The monoisotopic (exact) mass is 432 g/mol. The average Bonchev–Trinajstić information content (AvgIpc) is 3.14. The first-order valence-electron chi connectivity index (χ1n) is 9.78. The number of benzene rings is 3. The van der Waals surface area contributed by atoms with Crippen molar-refractivity contribution in [3.63, 3.8) is 0 Å². The summed E-state index contributed by atoms with van der Waals surface area (Å²) in [5, 5.41) is 11.5. The molecule has 0 fully saturated rings. The number of amides is 1. The van der Waals surface area contributed by atoms with Crippen LogP contribution in [-0.2, 0) is 4.79 Å². The molecule has 156 valence electrons. The van der Waals surface area contributed by atoms with Crippen LogP contribution in [0.3, 0.4) is 0 Å². The molecule has 0 aliphatic rings. The number of nitrogens with one attached hydrogen (secondary N) is 1. The van der Waals surface area contributed by atoms with Gasteiger partial charge in [-0.25, -0.2) is 4.39 Å². The predicted molar refractivity (Wildman–Crippen MR) is 121 cm³/mol. The Balaban J connectivity index is 1.68. The Kier molecular flexibility index (Phi) is 6.13. The average molecular weight is 433 g/mol. The van der Waals surface area contributed by atoms with E-state index in [1.165, 1.54) is 23.9 Å². The van der Waals surface area contributed by atoms with Crippen molar-refractivity contribution in [2.24, 2.45) is 0 Å². The van der Waals surface area contributed by atoms with E-state index in [0.29, 0.717) is 10.8 Å². The molecule has 3 aromatic carbocycles. The van der Waals surface area contributed by atoms with E-state index in [0.717, 1.165) is 22.6 Å². The second-order valence-electron chi connectivity index (χ2n) is 7.11.